The van der Waals surface area contributed by atoms with Crippen LogP contribution in [0.4, 0.5) is 5.69 Å². The Labute approximate surface area is 97.1 Å². The first-order chi connectivity index (χ1) is 7.40. The van der Waals surface area contributed by atoms with Crippen molar-refractivity contribution in [2.24, 2.45) is 0 Å². The first-order valence-corrected chi connectivity index (χ1v) is 4.80. The van der Waals surface area contributed by atoms with E-state index in [1.165, 1.54) is 20.1 Å². The average molecular weight is 244 g/mol. The minimum Gasteiger partial charge on any atom is -0.465 e. The lowest BCUT2D eigenvalue weighted by Gasteiger charge is -2.08. The second-order valence-corrected chi connectivity index (χ2v) is 3.66. The highest BCUT2D eigenvalue weighted by atomic mass is 35.5. The van der Waals surface area contributed by atoms with Gasteiger partial charge in [0.2, 0.25) is 0 Å². The minimum absolute atomic E-state index is 0.0511. The first kappa shape index (κ1) is 12.4. The van der Waals surface area contributed by atoms with E-state index < -0.39 is 10.9 Å². The maximum absolute atomic E-state index is 11.4. The second kappa shape index (κ2) is 4.49. The Morgan fingerprint density at radius 2 is 2.06 bits per heavy atom. The van der Waals surface area contributed by atoms with Gasteiger partial charge < -0.3 is 4.74 Å². The molecule has 1 rings (SSSR count). The molecule has 0 saturated heterocycles. The Morgan fingerprint density at radius 3 is 2.50 bits per heavy atom. The summed E-state index contributed by atoms with van der Waals surface area (Å²) in [5.41, 5.74) is 0.602. The fourth-order valence-corrected chi connectivity index (χ4v) is 1.67. The van der Waals surface area contributed by atoms with Crippen LogP contribution in [-0.2, 0) is 4.74 Å². The first-order valence-electron chi connectivity index (χ1n) is 4.42. The quantitative estimate of drug-likeness (QED) is 0.455. The molecule has 0 aromatic heterocycles. The number of esters is 1. The number of nitro benzene ring substituents is 1. The van der Waals surface area contributed by atoms with Crippen LogP contribution in [0.2, 0.25) is 5.02 Å². The average Bonchev–Trinajstić information content (AvgIpc) is 2.22. The maximum Gasteiger partial charge on any atom is 0.338 e. The summed E-state index contributed by atoms with van der Waals surface area (Å²) < 4.78 is 4.54. The van der Waals surface area contributed by atoms with Crippen LogP contribution in [0.3, 0.4) is 0 Å². The second-order valence-electron chi connectivity index (χ2n) is 3.28. The number of carbonyl (C=O) groups is 1. The van der Waals surface area contributed by atoms with Crippen LogP contribution in [0.15, 0.2) is 6.07 Å². The summed E-state index contributed by atoms with van der Waals surface area (Å²) in [7, 11) is 1.22. The fourth-order valence-electron chi connectivity index (χ4n) is 1.41. The van der Waals surface area contributed by atoms with Crippen molar-refractivity contribution in [3.63, 3.8) is 0 Å². The summed E-state index contributed by atoms with van der Waals surface area (Å²) in [6, 6.07) is 1.48. The molecule has 86 valence electrons. The zero-order valence-corrected chi connectivity index (χ0v) is 9.79. The molecule has 0 fully saturated rings. The van der Waals surface area contributed by atoms with E-state index in [-0.39, 0.29) is 21.8 Å². The van der Waals surface area contributed by atoms with Gasteiger partial charge in [0.15, 0.2) is 0 Å². The summed E-state index contributed by atoms with van der Waals surface area (Å²) in [4.78, 5) is 21.6. The molecule has 0 N–H and O–H groups in total. The molecule has 0 amide bonds. The van der Waals surface area contributed by atoms with Gasteiger partial charge in [-0.1, -0.05) is 11.6 Å². The number of nitrogens with zero attached hydrogens (tertiary/aromatic N) is 1. The van der Waals surface area contributed by atoms with Gasteiger partial charge in [0.05, 0.1) is 17.6 Å². The van der Waals surface area contributed by atoms with Gasteiger partial charge in [-0.25, -0.2) is 4.79 Å². The van der Waals surface area contributed by atoms with E-state index in [9.17, 15) is 14.9 Å². The van der Waals surface area contributed by atoms with Gasteiger partial charge in [-0.2, -0.15) is 0 Å². The number of hydrogen-bond donors (Lipinski definition) is 0. The van der Waals surface area contributed by atoms with Gasteiger partial charge >= 0.3 is 5.97 Å². The molecule has 0 atom stereocenters. The molecule has 0 bridgehead atoms. The monoisotopic (exact) mass is 243 g/mol. The van der Waals surface area contributed by atoms with E-state index in [0.29, 0.717) is 5.56 Å². The predicted octanol–water partition coefficient (Wildman–Crippen LogP) is 2.65. The van der Waals surface area contributed by atoms with Crippen LogP contribution in [0.25, 0.3) is 0 Å². The summed E-state index contributed by atoms with van der Waals surface area (Å²) in [5.74, 6) is -0.611. The van der Waals surface area contributed by atoms with Crippen molar-refractivity contribution >= 4 is 23.3 Å². The van der Waals surface area contributed by atoms with Crippen molar-refractivity contribution < 1.29 is 14.5 Å². The Balaban J connectivity index is 3.56. The highest BCUT2D eigenvalue weighted by Gasteiger charge is 2.24. The number of rotatable bonds is 2. The van der Waals surface area contributed by atoms with Gasteiger partial charge in [0, 0.05) is 5.56 Å². The molecule has 0 aliphatic carbocycles. The SMILES string of the molecule is COC(=O)c1cc(C)c(Cl)c([N+](=O)[O-])c1C. The zero-order valence-electron chi connectivity index (χ0n) is 9.04. The molecular weight excluding hydrogens is 234 g/mol. The third-order valence-corrected chi connectivity index (χ3v) is 2.74. The molecule has 0 radical (unpaired) electrons. The van der Waals surface area contributed by atoms with Gasteiger partial charge in [-0.05, 0) is 25.5 Å². The largest absolute Gasteiger partial charge is 0.465 e. The summed E-state index contributed by atoms with van der Waals surface area (Å²) in [6.45, 7) is 3.07. The summed E-state index contributed by atoms with van der Waals surface area (Å²) in [6.07, 6.45) is 0. The zero-order chi connectivity index (χ0) is 12.5. The number of methoxy groups -OCH3 is 1. The van der Waals surface area contributed by atoms with E-state index in [1.807, 2.05) is 0 Å². The number of aryl methyl sites for hydroxylation is 1. The maximum atomic E-state index is 11.4. The van der Waals surface area contributed by atoms with Crippen molar-refractivity contribution in [1.82, 2.24) is 0 Å². The third-order valence-electron chi connectivity index (χ3n) is 2.26. The minimum atomic E-state index is -0.611. The Bertz CT molecular complexity index is 470. The Kier molecular flexibility index (Phi) is 3.49. The standard InChI is InChI=1S/C10H10ClNO4/c1-5-4-7(10(13)16-3)6(2)9(8(5)11)12(14)15/h4H,1-3H3. The number of hydrogen-bond acceptors (Lipinski definition) is 4. The van der Waals surface area contributed by atoms with Gasteiger partial charge in [0.1, 0.15) is 5.02 Å². The number of halogens is 1. The number of carbonyl (C=O) groups excluding carboxylic acids is 1. The molecule has 5 nitrogen and oxygen atoms in total. The number of benzene rings is 1. The van der Waals surface area contributed by atoms with Crippen molar-refractivity contribution in [2.75, 3.05) is 7.11 Å². The van der Waals surface area contributed by atoms with Crippen LogP contribution >= 0.6 is 11.6 Å². The van der Waals surface area contributed by atoms with Crippen molar-refractivity contribution in [1.29, 1.82) is 0 Å². The fraction of sp³-hybridized carbons (Fsp3) is 0.300. The topological polar surface area (TPSA) is 69.4 Å². The third kappa shape index (κ3) is 1.99. The highest BCUT2D eigenvalue weighted by Crippen LogP contribution is 2.33. The van der Waals surface area contributed by atoms with Crippen molar-refractivity contribution in [3.8, 4) is 0 Å². The normalized spacial score (nSPS) is 10.0. The van der Waals surface area contributed by atoms with Crippen LogP contribution in [0, 0.1) is 24.0 Å². The summed E-state index contributed by atoms with van der Waals surface area (Å²) in [5, 5.41) is 10.9. The van der Waals surface area contributed by atoms with Crippen LogP contribution in [0.1, 0.15) is 21.5 Å². The summed E-state index contributed by atoms with van der Waals surface area (Å²) >= 11 is 5.82. The van der Waals surface area contributed by atoms with Gasteiger partial charge in [0.25, 0.3) is 5.69 Å². The molecular formula is C10H10ClNO4. The lowest BCUT2D eigenvalue weighted by atomic mass is 10.0. The van der Waals surface area contributed by atoms with E-state index >= 15 is 0 Å². The number of ether oxygens (including phenoxy) is 1. The molecule has 0 spiro atoms. The van der Waals surface area contributed by atoms with Crippen LogP contribution < -0.4 is 0 Å². The highest BCUT2D eigenvalue weighted by molar-refractivity contribution is 6.33. The van der Waals surface area contributed by atoms with E-state index in [0.717, 1.165) is 0 Å². The molecule has 1 aromatic rings. The molecule has 16 heavy (non-hydrogen) atoms. The molecule has 0 unspecified atom stereocenters. The van der Waals surface area contributed by atoms with Crippen molar-refractivity contribution in [2.45, 2.75) is 13.8 Å². The lowest BCUT2D eigenvalue weighted by Crippen LogP contribution is -2.07. The van der Waals surface area contributed by atoms with E-state index in [4.69, 9.17) is 11.6 Å². The molecule has 0 heterocycles. The molecule has 0 aliphatic rings. The van der Waals surface area contributed by atoms with E-state index in [1.54, 1.807) is 6.92 Å². The van der Waals surface area contributed by atoms with E-state index in [2.05, 4.69) is 4.74 Å². The lowest BCUT2D eigenvalue weighted by molar-refractivity contribution is -0.385. The Hall–Kier alpha value is -1.62. The molecule has 6 heteroatoms. The van der Waals surface area contributed by atoms with Crippen molar-refractivity contribution in [3.05, 3.63) is 37.9 Å². The molecule has 1 aromatic carbocycles. The number of nitro groups is 1. The predicted molar refractivity (Wildman–Crippen MR) is 58.9 cm³/mol. The molecule has 0 aliphatic heterocycles. The van der Waals surface area contributed by atoms with Gasteiger partial charge in [-0.3, -0.25) is 10.1 Å². The smallest absolute Gasteiger partial charge is 0.338 e. The van der Waals surface area contributed by atoms with Gasteiger partial charge in [-0.15, -0.1) is 0 Å². The molecule has 0 saturated carbocycles. The van der Waals surface area contributed by atoms with Crippen LogP contribution in [-0.4, -0.2) is 18.0 Å². The van der Waals surface area contributed by atoms with Crippen LogP contribution in [0.5, 0.6) is 0 Å². The Morgan fingerprint density at radius 1 is 1.50 bits per heavy atom.